The molecule has 186 valence electrons. The van der Waals surface area contributed by atoms with Crippen molar-refractivity contribution in [1.82, 2.24) is 19.8 Å². The van der Waals surface area contributed by atoms with Crippen LogP contribution >= 0.6 is 0 Å². The molecule has 0 spiro atoms. The quantitative estimate of drug-likeness (QED) is 0.596. The third kappa shape index (κ3) is 6.78. The van der Waals surface area contributed by atoms with Crippen LogP contribution in [0, 0.1) is 17.8 Å². The Hall–Kier alpha value is -3.48. The molecule has 0 radical (unpaired) electrons. The highest BCUT2D eigenvalue weighted by molar-refractivity contribution is 5.97. The van der Waals surface area contributed by atoms with E-state index < -0.39 is 18.2 Å². The number of likely N-dealkylation sites (N-methyl/N-ethyl adjacent to an activating group) is 1. The Balaban J connectivity index is 1.89. The minimum atomic E-state index is -0.820. The number of ether oxygens (including phenoxy) is 1. The highest BCUT2D eigenvalue weighted by atomic mass is 16.5. The number of carbonyl (C=O) groups is 2. The summed E-state index contributed by atoms with van der Waals surface area (Å²) < 4.78 is 6.20. The molecule has 0 aromatic carbocycles. The van der Waals surface area contributed by atoms with Gasteiger partial charge in [-0.3, -0.25) is 14.6 Å². The van der Waals surface area contributed by atoms with E-state index in [2.05, 4.69) is 21.8 Å². The third-order valence-electron chi connectivity index (χ3n) is 5.88. The summed E-state index contributed by atoms with van der Waals surface area (Å²) in [6, 6.07) is 6.60. The van der Waals surface area contributed by atoms with E-state index >= 15 is 0 Å². The van der Waals surface area contributed by atoms with Crippen LogP contribution in [-0.4, -0.2) is 86.8 Å². The van der Waals surface area contributed by atoms with Crippen LogP contribution < -0.4 is 4.74 Å². The number of aromatic nitrogens is 2. The molecule has 1 aliphatic rings. The lowest BCUT2D eigenvalue weighted by Gasteiger charge is -2.37. The lowest BCUT2D eigenvalue weighted by atomic mass is 9.99. The van der Waals surface area contributed by atoms with E-state index in [4.69, 9.17) is 4.74 Å². The monoisotopic (exact) mass is 480 g/mol. The predicted octanol–water partition coefficient (Wildman–Crippen LogP) is 1.13. The van der Waals surface area contributed by atoms with Gasteiger partial charge < -0.3 is 24.7 Å². The fraction of sp³-hybridized carbons (Fsp3) is 0.462. The van der Waals surface area contributed by atoms with Crippen molar-refractivity contribution in [3.05, 3.63) is 53.5 Å². The Bertz CT molecular complexity index is 1100. The summed E-state index contributed by atoms with van der Waals surface area (Å²) in [6.07, 6.45) is 2.04. The molecule has 0 unspecified atom stereocenters. The van der Waals surface area contributed by atoms with Gasteiger partial charge in [0.25, 0.3) is 5.91 Å². The molecule has 2 N–H and O–H groups in total. The number of aliphatic hydroxyl groups excluding tert-OH is 2. The van der Waals surface area contributed by atoms with E-state index in [0.29, 0.717) is 17.8 Å². The minimum Gasteiger partial charge on any atom is -0.472 e. The second-order valence-corrected chi connectivity index (χ2v) is 8.92. The zero-order valence-corrected chi connectivity index (χ0v) is 20.5. The SMILES string of the molecule is C[C@H](O)C#Cc1cnc2c(c1)C(=O)N([C@@H](C)CO)C[C@@H](C)[C@H](CN(C)C(=O)Cc1ccccn1)O2. The molecule has 3 heterocycles. The van der Waals surface area contributed by atoms with Gasteiger partial charge in [0.2, 0.25) is 11.8 Å². The van der Waals surface area contributed by atoms with Crippen LogP contribution in [0.3, 0.4) is 0 Å². The molecule has 0 saturated heterocycles. The average Bonchev–Trinajstić information content (AvgIpc) is 2.84. The molecule has 3 rings (SSSR count). The molecule has 0 saturated carbocycles. The van der Waals surface area contributed by atoms with Crippen molar-refractivity contribution in [2.75, 3.05) is 26.7 Å². The topological polar surface area (TPSA) is 116 Å². The van der Waals surface area contributed by atoms with Gasteiger partial charge in [0, 0.05) is 43.2 Å². The molecule has 2 aromatic heterocycles. The summed E-state index contributed by atoms with van der Waals surface area (Å²) in [5.74, 6) is 5.02. The summed E-state index contributed by atoms with van der Waals surface area (Å²) in [5, 5.41) is 19.2. The first-order chi connectivity index (χ1) is 16.7. The Kier molecular flexibility index (Phi) is 8.79. The van der Waals surface area contributed by atoms with Gasteiger partial charge in [0.1, 0.15) is 17.8 Å². The Morgan fingerprint density at radius 1 is 1.34 bits per heavy atom. The van der Waals surface area contributed by atoms with Crippen molar-refractivity contribution in [2.45, 2.75) is 45.4 Å². The van der Waals surface area contributed by atoms with Crippen molar-refractivity contribution < 1.29 is 24.5 Å². The number of hydrogen-bond donors (Lipinski definition) is 2. The van der Waals surface area contributed by atoms with E-state index in [9.17, 15) is 19.8 Å². The molecular weight excluding hydrogens is 448 g/mol. The van der Waals surface area contributed by atoms with Crippen LogP contribution in [0.4, 0.5) is 0 Å². The zero-order valence-electron chi connectivity index (χ0n) is 20.5. The van der Waals surface area contributed by atoms with Crippen molar-refractivity contribution >= 4 is 11.8 Å². The standard InChI is InChI=1S/C26H32N4O5/c1-17-14-30(18(2)16-31)26(34)22-11-20(9-8-19(3)32)13-28-25(22)35-23(17)15-29(4)24(33)12-21-7-5-6-10-27-21/h5-7,10-11,13,17-19,23,31-32H,12,14-16H2,1-4H3/t17-,18+,19+,23+/m1/s1. The molecule has 0 aliphatic carbocycles. The third-order valence-corrected chi connectivity index (χ3v) is 5.88. The fourth-order valence-electron chi connectivity index (χ4n) is 3.74. The number of amides is 2. The van der Waals surface area contributed by atoms with Gasteiger partial charge in [-0.25, -0.2) is 4.98 Å². The van der Waals surface area contributed by atoms with Crippen LogP contribution in [0.1, 0.15) is 42.4 Å². The predicted molar refractivity (Wildman–Crippen MR) is 130 cm³/mol. The van der Waals surface area contributed by atoms with Gasteiger partial charge in [-0.1, -0.05) is 24.8 Å². The maximum Gasteiger partial charge on any atom is 0.259 e. The number of pyridine rings is 2. The molecule has 9 nitrogen and oxygen atoms in total. The second-order valence-electron chi connectivity index (χ2n) is 8.92. The zero-order chi connectivity index (χ0) is 25.5. The maximum absolute atomic E-state index is 13.4. The van der Waals surface area contributed by atoms with E-state index in [1.54, 1.807) is 55.1 Å². The minimum absolute atomic E-state index is 0.102. The van der Waals surface area contributed by atoms with Crippen molar-refractivity contribution in [3.63, 3.8) is 0 Å². The Labute approximate surface area is 205 Å². The highest BCUT2D eigenvalue weighted by Crippen LogP contribution is 2.27. The molecule has 2 aromatic rings. The van der Waals surface area contributed by atoms with Gasteiger partial charge in [0.15, 0.2) is 0 Å². The lowest BCUT2D eigenvalue weighted by molar-refractivity contribution is -0.130. The number of fused-ring (bicyclic) bond motifs is 1. The molecule has 4 atom stereocenters. The smallest absolute Gasteiger partial charge is 0.259 e. The molecule has 1 aliphatic heterocycles. The number of carbonyl (C=O) groups excluding carboxylic acids is 2. The molecule has 2 amide bonds. The molecule has 35 heavy (non-hydrogen) atoms. The van der Waals surface area contributed by atoms with Crippen molar-refractivity contribution in [3.8, 4) is 17.7 Å². The first kappa shape index (κ1) is 26.1. The van der Waals surface area contributed by atoms with E-state index in [1.165, 1.54) is 6.20 Å². The summed E-state index contributed by atoms with van der Waals surface area (Å²) >= 11 is 0. The number of rotatable bonds is 6. The van der Waals surface area contributed by atoms with Crippen molar-refractivity contribution in [2.24, 2.45) is 5.92 Å². The number of aliphatic hydroxyl groups is 2. The fourth-order valence-corrected chi connectivity index (χ4v) is 3.74. The maximum atomic E-state index is 13.4. The molecule has 0 fully saturated rings. The van der Waals surface area contributed by atoms with Gasteiger partial charge in [-0.2, -0.15) is 0 Å². The Morgan fingerprint density at radius 2 is 2.11 bits per heavy atom. The Morgan fingerprint density at radius 3 is 2.77 bits per heavy atom. The van der Waals surface area contributed by atoms with Crippen LogP contribution in [0.25, 0.3) is 0 Å². The summed E-state index contributed by atoms with van der Waals surface area (Å²) in [4.78, 5) is 38.0. The first-order valence-corrected chi connectivity index (χ1v) is 11.6. The molecule has 9 heteroatoms. The summed E-state index contributed by atoms with van der Waals surface area (Å²) in [5.41, 5.74) is 1.37. The van der Waals surface area contributed by atoms with E-state index in [-0.39, 0.29) is 48.7 Å². The normalized spacial score (nSPS) is 19.3. The van der Waals surface area contributed by atoms with Gasteiger partial charge in [-0.15, -0.1) is 0 Å². The summed E-state index contributed by atoms with van der Waals surface area (Å²) in [7, 11) is 1.71. The van der Waals surface area contributed by atoms with Crippen molar-refractivity contribution in [1.29, 1.82) is 0 Å². The first-order valence-electron chi connectivity index (χ1n) is 11.6. The highest BCUT2D eigenvalue weighted by Gasteiger charge is 2.34. The van der Waals surface area contributed by atoms with E-state index in [0.717, 1.165) is 0 Å². The van der Waals surface area contributed by atoms with Crippen LogP contribution in [0.2, 0.25) is 0 Å². The second kappa shape index (κ2) is 11.8. The van der Waals surface area contributed by atoms with E-state index in [1.807, 2.05) is 13.0 Å². The number of hydrogen-bond acceptors (Lipinski definition) is 7. The van der Waals surface area contributed by atoms with Gasteiger partial charge in [-0.05, 0) is 32.0 Å². The molecular formula is C26H32N4O5. The average molecular weight is 481 g/mol. The largest absolute Gasteiger partial charge is 0.472 e. The summed E-state index contributed by atoms with van der Waals surface area (Å²) in [6.45, 7) is 5.68. The van der Waals surface area contributed by atoms with Crippen LogP contribution in [-0.2, 0) is 11.2 Å². The number of nitrogens with zero attached hydrogens (tertiary/aromatic N) is 4. The van der Waals surface area contributed by atoms with Gasteiger partial charge in [0.05, 0.1) is 25.6 Å². The lowest BCUT2D eigenvalue weighted by Crippen LogP contribution is -2.50. The van der Waals surface area contributed by atoms with Crippen LogP contribution in [0.5, 0.6) is 5.88 Å². The molecule has 0 bridgehead atoms. The van der Waals surface area contributed by atoms with Gasteiger partial charge >= 0.3 is 0 Å². The van der Waals surface area contributed by atoms with Crippen LogP contribution in [0.15, 0.2) is 36.7 Å².